The number of hydrogen-bond acceptors (Lipinski definition) is 7. The molecule has 0 aliphatic carbocycles. The highest BCUT2D eigenvalue weighted by molar-refractivity contribution is 7.98. The van der Waals surface area contributed by atoms with Crippen molar-refractivity contribution in [3.63, 3.8) is 0 Å². The van der Waals surface area contributed by atoms with Gasteiger partial charge in [-0.25, -0.2) is 14.8 Å². The number of anilines is 1. The van der Waals surface area contributed by atoms with Crippen LogP contribution in [0.25, 0.3) is 11.2 Å². The van der Waals surface area contributed by atoms with Gasteiger partial charge in [-0.3, -0.25) is 9.36 Å². The minimum absolute atomic E-state index is 0.222. The zero-order chi connectivity index (χ0) is 21.8. The van der Waals surface area contributed by atoms with Crippen LogP contribution in [0.3, 0.4) is 0 Å². The molecule has 2 heterocycles. The van der Waals surface area contributed by atoms with Crippen molar-refractivity contribution in [1.29, 1.82) is 0 Å². The third kappa shape index (κ3) is 4.77. The Bertz CT molecular complexity index is 1280. The molecule has 8 nitrogen and oxygen atoms in total. The van der Waals surface area contributed by atoms with Gasteiger partial charge in [-0.05, 0) is 16.7 Å². The number of esters is 1. The van der Waals surface area contributed by atoms with E-state index >= 15 is 0 Å². The van der Waals surface area contributed by atoms with E-state index in [0.29, 0.717) is 28.6 Å². The van der Waals surface area contributed by atoms with Crippen LogP contribution in [0.15, 0.2) is 64.5 Å². The van der Waals surface area contributed by atoms with E-state index in [0.717, 1.165) is 16.7 Å². The Balaban J connectivity index is 1.57. The fraction of sp³-hybridized carbons (Fsp3) is 0.182. The summed E-state index contributed by atoms with van der Waals surface area (Å²) in [6.07, 6.45) is 0.222. The molecule has 9 heteroatoms. The van der Waals surface area contributed by atoms with Gasteiger partial charge in [-0.1, -0.05) is 66.4 Å². The molecule has 0 fully saturated rings. The highest BCUT2D eigenvalue weighted by Gasteiger charge is 2.15. The van der Waals surface area contributed by atoms with Gasteiger partial charge in [0.1, 0.15) is 5.52 Å². The Morgan fingerprint density at radius 2 is 1.84 bits per heavy atom. The van der Waals surface area contributed by atoms with Crippen molar-refractivity contribution in [3.8, 4) is 0 Å². The fourth-order valence-corrected chi connectivity index (χ4v) is 4.01. The summed E-state index contributed by atoms with van der Waals surface area (Å²) >= 11 is 1.41. The summed E-state index contributed by atoms with van der Waals surface area (Å²) in [6, 6.07) is 17.4. The number of nitrogens with zero attached hydrogens (tertiary/aromatic N) is 3. The number of ether oxygens (including phenoxy) is 1. The van der Waals surface area contributed by atoms with Crippen molar-refractivity contribution in [1.82, 2.24) is 19.5 Å². The van der Waals surface area contributed by atoms with Gasteiger partial charge >= 0.3 is 11.7 Å². The molecule has 2 aromatic carbocycles. The van der Waals surface area contributed by atoms with Crippen LogP contribution in [0.2, 0.25) is 0 Å². The van der Waals surface area contributed by atoms with Gasteiger partial charge in [-0.2, -0.15) is 0 Å². The first kappa shape index (κ1) is 20.7. The first-order valence-corrected chi connectivity index (χ1v) is 10.6. The van der Waals surface area contributed by atoms with Crippen molar-refractivity contribution in [2.24, 2.45) is 0 Å². The Morgan fingerprint density at radius 1 is 1.10 bits per heavy atom. The molecule has 0 saturated carbocycles. The van der Waals surface area contributed by atoms with E-state index in [-0.39, 0.29) is 23.9 Å². The van der Waals surface area contributed by atoms with Crippen LogP contribution in [-0.4, -0.2) is 32.6 Å². The smallest absolute Gasteiger partial charge is 0.328 e. The Hall–Kier alpha value is -3.59. The van der Waals surface area contributed by atoms with Crippen LogP contribution in [0.1, 0.15) is 16.7 Å². The number of rotatable bonds is 7. The number of nitrogens with one attached hydrogen (secondary N) is 1. The fourth-order valence-electron chi connectivity index (χ4n) is 3.22. The molecule has 0 amide bonds. The molecule has 0 atom stereocenters. The lowest BCUT2D eigenvalue weighted by Gasteiger charge is -2.07. The standard InChI is InChI=1S/C22H21N5O3S/c1-30-17(28)11-15-8-5-9-16(10-15)13-31-21-25-19(23)18-20(26-21)27(22(29)24-18)12-14-6-3-2-4-7-14/h2-10H,11-13H2,1H3,(H,24,29)(H2,23,25,26). The monoisotopic (exact) mass is 435 g/mol. The largest absolute Gasteiger partial charge is 0.469 e. The molecule has 4 rings (SSSR count). The number of methoxy groups -OCH3 is 1. The maximum Gasteiger partial charge on any atom is 0.328 e. The van der Waals surface area contributed by atoms with Crippen molar-refractivity contribution in [2.45, 2.75) is 23.9 Å². The molecule has 4 aromatic rings. The maximum atomic E-state index is 12.5. The minimum Gasteiger partial charge on any atom is -0.469 e. The van der Waals surface area contributed by atoms with Gasteiger partial charge in [0.15, 0.2) is 16.6 Å². The summed E-state index contributed by atoms with van der Waals surface area (Å²) in [5.74, 6) is 0.541. The van der Waals surface area contributed by atoms with Gasteiger partial charge in [-0.15, -0.1) is 0 Å². The van der Waals surface area contributed by atoms with E-state index in [2.05, 4.69) is 15.0 Å². The predicted octanol–water partition coefficient (Wildman–Crippen LogP) is 2.76. The van der Waals surface area contributed by atoms with Gasteiger partial charge in [0, 0.05) is 5.75 Å². The third-order valence-electron chi connectivity index (χ3n) is 4.75. The van der Waals surface area contributed by atoms with Gasteiger partial charge in [0.2, 0.25) is 0 Å². The Kier molecular flexibility index (Phi) is 6.03. The zero-order valence-corrected chi connectivity index (χ0v) is 17.7. The summed E-state index contributed by atoms with van der Waals surface area (Å²) in [6.45, 7) is 0.385. The molecule has 0 unspecified atom stereocenters. The molecule has 0 spiro atoms. The number of aromatic amines is 1. The minimum atomic E-state index is -0.282. The molecule has 2 aromatic heterocycles. The maximum absolute atomic E-state index is 12.5. The normalized spacial score (nSPS) is 11.0. The summed E-state index contributed by atoms with van der Waals surface area (Å²) in [7, 11) is 1.37. The highest BCUT2D eigenvalue weighted by atomic mass is 32.2. The second-order valence-corrected chi connectivity index (χ2v) is 7.90. The highest BCUT2D eigenvalue weighted by Crippen LogP contribution is 2.24. The molecule has 0 bridgehead atoms. The number of carbonyl (C=O) groups excluding carboxylic acids is 1. The number of benzene rings is 2. The molecule has 3 N–H and O–H groups in total. The van der Waals surface area contributed by atoms with Crippen molar-refractivity contribution in [2.75, 3.05) is 12.8 Å². The SMILES string of the molecule is COC(=O)Cc1cccc(CSc2nc(N)c3[nH]c(=O)n(Cc4ccccc4)c3n2)c1. The lowest BCUT2D eigenvalue weighted by atomic mass is 10.1. The number of H-pyrrole nitrogens is 1. The van der Waals surface area contributed by atoms with E-state index in [1.807, 2.05) is 54.6 Å². The van der Waals surface area contributed by atoms with Gasteiger partial charge in [0.05, 0.1) is 20.1 Å². The molecule has 0 aliphatic heterocycles. The topological polar surface area (TPSA) is 116 Å². The van der Waals surface area contributed by atoms with Crippen LogP contribution in [0, 0.1) is 0 Å². The molecular weight excluding hydrogens is 414 g/mol. The van der Waals surface area contributed by atoms with E-state index in [1.165, 1.54) is 18.9 Å². The number of fused-ring (bicyclic) bond motifs is 1. The number of carbonyl (C=O) groups is 1. The zero-order valence-electron chi connectivity index (χ0n) is 16.9. The summed E-state index contributed by atoms with van der Waals surface area (Å²) in [5.41, 5.74) is 9.61. The second kappa shape index (κ2) is 9.05. The average molecular weight is 436 g/mol. The quantitative estimate of drug-likeness (QED) is 0.260. The van der Waals surface area contributed by atoms with E-state index in [1.54, 1.807) is 4.57 Å². The molecule has 31 heavy (non-hydrogen) atoms. The van der Waals surface area contributed by atoms with Gasteiger partial charge in [0.25, 0.3) is 0 Å². The lowest BCUT2D eigenvalue weighted by Crippen LogP contribution is -2.17. The predicted molar refractivity (Wildman–Crippen MR) is 120 cm³/mol. The molecule has 0 saturated heterocycles. The van der Waals surface area contributed by atoms with E-state index in [4.69, 9.17) is 10.5 Å². The molecule has 0 aliphatic rings. The van der Waals surface area contributed by atoms with Crippen LogP contribution in [0.5, 0.6) is 0 Å². The number of nitrogens with two attached hydrogens (primary N) is 1. The van der Waals surface area contributed by atoms with Crippen LogP contribution >= 0.6 is 11.8 Å². The average Bonchev–Trinajstić information content (AvgIpc) is 3.09. The molecule has 0 radical (unpaired) electrons. The Morgan fingerprint density at radius 3 is 2.61 bits per heavy atom. The summed E-state index contributed by atoms with van der Waals surface area (Å²) < 4.78 is 6.28. The Labute approximate surface area is 182 Å². The number of imidazole rings is 1. The lowest BCUT2D eigenvalue weighted by molar-refractivity contribution is -0.139. The van der Waals surface area contributed by atoms with Crippen molar-refractivity contribution in [3.05, 3.63) is 81.8 Å². The number of nitrogen functional groups attached to an aromatic ring is 1. The van der Waals surface area contributed by atoms with Crippen molar-refractivity contribution >= 4 is 34.7 Å². The van der Waals surface area contributed by atoms with Crippen LogP contribution < -0.4 is 11.4 Å². The molecular formula is C22H21N5O3S. The first-order valence-electron chi connectivity index (χ1n) is 9.61. The summed E-state index contributed by atoms with van der Waals surface area (Å²) in [4.78, 5) is 35.7. The van der Waals surface area contributed by atoms with Gasteiger partial charge < -0.3 is 15.5 Å². The first-order chi connectivity index (χ1) is 15.0. The van der Waals surface area contributed by atoms with Crippen molar-refractivity contribution < 1.29 is 9.53 Å². The third-order valence-corrected chi connectivity index (χ3v) is 5.67. The van der Waals surface area contributed by atoms with Crippen LogP contribution in [0.4, 0.5) is 5.82 Å². The van der Waals surface area contributed by atoms with E-state index < -0.39 is 0 Å². The number of aromatic nitrogens is 4. The summed E-state index contributed by atoms with van der Waals surface area (Å²) in [5, 5.41) is 0.476. The van der Waals surface area contributed by atoms with E-state index in [9.17, 15) is 9.59 Å². The van der Waals surface area contributed by atoms with Crippen LogP contribution in [-0.2, 0) is 28.2 Å². The number of thioether (sulfide) groups is 1. The molecule has 158 valence electrons. The second-order valence-electron chi connectivity index (χ2n) is 6.95. The number of hydrogen-bond donors (Lipinski definition) is 2.